The van der Waals surface area contributed by atoms with Crippen molar-refractivity contribution in [3.05, 3.63) is 107 Å². The van der Waals surface area contributed by atoms with Crippen LogP contribution in [0.1, 0.15) is 34.4 Å². The zero-order chi connectivity index (χ0) is 18.9. The first kappa shape index (κ1) is 19.7. The minimum atomic E-state index is 0.387. The third-order valence-corrected chi connectivity index (χ3v) is 6.06. The molecule has 0 saturated heterocycles. The zero-order valence-corrected chi connectivity index (χ0v) is 17.1. The Morgan fingerprint density at radius 1 is 0.778 bits per heavy atom. The van der Waals surface area contributed by atoms with Crippen molar-refractivity contribution in [2.75, 3.05) is 12.3 Å². The summed E-state index contributed by atoms with van der Waals surface area (Å²) in [5.74, 6) is 1.09. The highest BCUT2D eigenvalue weighted by Gasteiger charge is 2.14. The first-order valence-electron chi connectivity index (χ1n) is 9.73. The van der Waals surface area contributed by atoms with Gasteiger partial charge in [-0.15, -0.1) is 11.8 Å². The number of nitrogens with one attached hydrogen (secondary N) is 1. The summed E-state index contributed by atoms with van der Waals surface area (Å²) >= 11 is 2.02. The first-order valence-corrected chi connectivity index (χ1v) is 10.8. The van der Waals surface area contributed by atoms with Crippen molar-refractivity contribution in [3.8, 4) is 0 Å². The van der Waals surface area contributed by atoms with E-state index in [0.29, 0.717) is 11.3 Å². The fraction of sp³-hybridized carbons (Fsp3) is 0.280. The molecule has 1 nitrogen and oxygen atoms in total. The monoisotopic (exact) mass is 375 g/mol. The second kappa shape index (κ2) is 10.3. The summed E-state index contributed by atoms with van der Waals surface area (Å²) < 4.78 is 0. The molecule has 0 radical (unpaired) electrons. The van der Waals surface area contributed by atoms with Crippen LogP contribution < -0.4 is 5.32 Å². The van der Waals surface area contributed by atoms with Gasteiger partial charge < -0.3 is 5.32 Å². The molecule has 27 heavy (non-hydrogen) atoms. The fourth-order valence-electron chi connectivity index (χ4n) is 3.28. The lowest BCUT2D eigenvalue weighted by atomic mass is 10.0. The van der Waals surface area contributed by atoms with Gasteiger partial charge in [0.15, 0.2) is 0 Å². The quantitative estimate of drug-likeness (QED) is 0.458. The predicted molar refractivity (Wildman–Crippen MR) is 120 cm³/mol. The SMILES string of the molecule is Cc1ccc(C(SCCNC(C)Cc2ccccc2)c2ccccc2)cc1. The Kier molecular flexibility index (Phi) is 7.55. The van der Waals surface area contributed by atoms with Crippen molar-refractivity contribution in [1.29, 1.82) is 0 Å². The molecule has 0 aliphatic rings. The third kappa shape index (κ3) is 6.27. The molecule has 0 heterocycles. The standard InChI is InChI=1S/C25H29NS/c1-20-13-15-24(16-14-20)25(23-11-7-4-8-12-23)27-18-17-26-21(2)19-22-9-5-3-6-10-22/h3-16,21,25-26H,17-19H2,1-2H3. The van der Waals surface area contributed by atoms with E-state index < -0.39 is 0 Å². The highest BCUT2D eigenvalue weighted by molar-refractivity contribution is 7.99. The Balaban J connectivity index is 1.54. The third-order valence-electron chi connectivity index (χ3n) is 4.75. The van der Waals surface area contributed by atoms with Crippen LogP contribution in [0.3, 0.4) is 0 Å². The van der Waals surface area contributed by atoms with E-state index in [1.807, 2.05) is 11.8 Å². The summed E-state index contributed by atoms with van der Waals surface area (Å²) in [6.45, 7) is 5.44. The maximum Gasteiger partial charge on any atom is 0.0547 e. The second-order valence-electron chi connectivity index (χ2n) is 7.12. The van der Waals surface area contributed by atoms with Gasteiger partial charge >= 0.3 is 0 Å². The van der Waals surface area contributed by atoms with Crippen molar-refractivity contribution in [2.45, 2.75) is 31.6 Å². The summed E-state index contributed by atoms with van der Waals surface area (Å²) in [5, 5.41) is 4.06. The predicted octanol–water partition coefficient (Wildman–Crippen LogP) is 6.04. The average molecular weight is 376 g/mol. The Morgan fingerprint density at radius 2 is 1.37 bits per heavy atom. The van der Waals surface area contributed by atoms with Crippen LogP contribution in [0.25, 0.3) is 0 Å². The molecule has 0 fully saturated rings. The molecule has 0 aliphatic heterocycles. The summed E-state index contributed by atoms with van der Waals surface area (Å²) in [6, 6.07) is 31.0. The maximum atomic E-state index is 3.68. The van der Waals surface area contributed by atoms with Crippen molar-refractivity contribution in [1.82, 2.24) is 5.32 Å². The first-order chi connectivity index (χ1) is 13.2. The smallest absolute Gasteiger partial charge is 0.0547 e. The number of hydrogen-bond donors (Lipinski definition) is 1. The molecule has 1 N–H and O–H groups in total. The topological polar surface area (TPSA) is 12.0 Å². The lowest BCUT2D eigenvalue weighted by Gasteiger charge is -2.19. The van der Waals surface area contributed by atoms with Gasteiger partial charge in [-0.25, -0.2) is 0 Å². The van der Waals surface area contributed by atoms with Gasteiger partial charge in [-0.2, -0.15) is 0 Å². The van der Waals surface area contributed by atoms with E-state index >= 15 is 0 Å². The highest BCUT2D eigenvalue weighted by Crippen LogP contribution is 2.35. The van der Waals surface area contributed by atoms with Crippen molar-refractivity contribution in [2.24, 2.45) is 0 Å². The van der Waals surface area contributed by atoms with Gasteiger partial charge in [-0.05, 0) is 37.0 Å². The zero-order valence-electron chi connectivity index (χ0n) is 16.3. The Labute approximate surface area is 168 Å². The molecule has 0 spiro atoms. The molecular formula is C25H29NS. The number of thioether (sulfide) groups is 1. The van der Waals surface area contributed by atoms with Gasteiger partial charge in [0, 0.05) is 18.3 Å². The molecule has 3 aromatic carbocycles. The van der Waals surface area contributed by atoms with Crippen molar-refractivity contribution < 1.29 is 0 Å². The van der Waals surface area contributed by atoms with Gasteiger partial charge in [-0.3, -0.25) is 0 Å². The lowest BCUT2D eigenvalue weighted by molar-refractivity contribution is 0.568. The van der Waals surface area contributed by atoms with E-state index in [-0.39, 0.29) is 0 Å². The summed E-state index contributed by atoms with van der Waals surface area (Å²) in [4.78, 5) is 0. The molecule has 2 unspecified atom stereocenters. The van der Waals surface area contributed by atoms with Crippen LogP contribution >= 0.6 is 11.8 Å². The van der Waals surface area contributed by atoms with Crippen LogP contribution in [0, 0.1) is 6.92 Å². The molecule has 140 valence electrons. The summed E-state index contributed by atoms with van der Waals surface area (Å²) in [5.41, 5.74) is 5.47. The van der Waals surface area contributed by atoms with Crippen LogP contribution in [0.5, 0.6) is 0 Å². The van der Waals surface area contributed by atoms with Gasteiger partial charge in [0.2, 0.25) is 0 Å². The highest BCUT2D eigenvalue weighted by atomic mass is 32.2. The number of aryl methyl sites for hydroxylation is 1. The molecular weight excluding hydrogens is 346 g/mol. The average Bonchev–Trinajstić information content (AvgIpc) is 2.70. The maximum absolute atomic E-state index is 3.68. The minimum Gasteiger partial charge on any atom is -0.313 e. The number of rotatable bonds is 9. The number of hydrogen-bond acceptors (Lipinski definition) is 2. The van der Waals surface area contributed by atoms with Gasteiger partial charge in [0.25, 0.3) is 0 Å². The molecule has 3 aromatic rings. The van der Waals surface area contributed by atoms with Gasteiger partial charge in [0.1, 0.15) is 0 Å². The Bertz CT molecular complexity index is 784. The van der Waals surface area contributed by atoms with E-state index in [4.69, 9.17) is 0 Å². The van der Waals surface area contributed by atoms with E-state index in [1.165, 1.54) is 22.3 Å². The minimum absolute atomic E-state index is 0.387. The normalized spacial score (nSPS) is 13.3. The Morgan fingerprint density at radius 3 is 2.04 bits per heavy atom. The molecule has 0 saturated carbocycles. The number of benzene rings is 3. The van der Waals surface area contributed by atoms with Gasteiger partial charge in [0.05, 0.1) is 5.25 Å². The van der Waals surface area contributed by atoms with E-state index in [9.17, 15) is 0 Å². The lowest BCUT2D eigenvalue weighted by Crippen LogP contribution is -2.30. The van der Waals surface area contributed by atoms with Crippen LogP contribution in [-0.4, -0.2) is 18.3 Å². The van der Waals surface area contributed by atoms with Gasteiger partial charge in [-0.1, -0.05) is 90.5 Å². The summed E-state index contributed by atoms with van der Waals surface area (Å²) in [6.07, 6.45) is 1.07. The second-order valence-corrected chi connectivity index (χ2v) is 8.33. The molecule has 3 rings (SSSR count). The van der Waals surface area contributed by atoms with Crippen LogP contribution in [0.4, 0.5) is 0 Å². The molecule has 0 aliphatic carbocycles. The van der Waals surface area contributed by atoms with E-state index in [2.05, 4.69) is 104 Å². The van der Waals surface area contributed by atoms with Crippen LogP contribution in [-0.2, 0) is 6.42 Å². The molecule has 0 aromatic heterocycles. The van der Waals surface area contributed by atoms with Crippen molar-refractivity contribution in [3.63, 3.8) is 0 Å². The molecule has 0 bridgehead atoms. The van der Waals surface area contributed by atoms with Crippen LogP contribution in [0.2, 0.25) is 0 Å². The van der Waals surface area contributed by atoms with E-state index in [0.717, 1.165) is 18.7 Å². The fourth-order valence-corrected chi connectivity index (χ4v) is 4.45. The Hall–Kier alpha value is -2.03. The molecule has 0 amide bonds. The van der Waals surface area contributed by atoms with Crippen LogP contribution in [0.15, 0.2) is 84.9 Å². The van der Waals surface area contributed by atoms with E-state index in [1.54, 1.807) is 0 Å². The van der Waals surface area contributed by atoms with Crippen molar-refractivity contribution >= 4 is 11.8 Å². The molecule has 2 heteroatoms. The summed E-state index contributed by atoms with van der Waals surface area (Å²) in [7, 11) is 0. The largest absolute Gasteiger partial charge is 0.313 e. The molecule has 2 atom stereocenters.